The monoisotopic (exact) mass is 554 g/mol. The van der Waals surface area contributed by atoms with Crippen molar-refractivity contribution in [3.8, 4) is 0 Å². The minimum atomic E-state index is -0.170. The topological polar surface area (TPSA) is 90.5 Å². The Balaban J connectivity index is 1.29. The van der Waals surface area contributed by atoms with Crippen LogP contribution in [0.25, 0.3) is 0 Å². The van der Waals surface area contributed by atoms with Gasteiger partial charge < -0.3 is 20.4 Å². The number of hydrogen-bond donors (Lipinski definition) is 2. The molecule has 0 radical (unpaired) electrons. The normalized spacial score (nSPS) is 15.2. The molecule has 1 aliphatic heterocycles. The second-order valence-electron chi connectivity index (χ2n) is 9.75. The highest BCUT2D eigenvalue weighted by Crippen LogP contribution is 2.23. The van der Waals surface area contributed by atoms with Crippen molar-refractivity contribution in [2.45, 2.75) is 58.7 Å². The molecule has 3 heterocycles. The van der Waals surface area contributed by atoms with Crippen LogP contribution in [-0.4, -0.2) is 63.4 Å². The zero-order valence-electron chi connectivity index (χ0n) is 22.1. The molecule has 0 bridgehead atoms. The van der Waals surface area contributed by atoms with Crippen molar-refractivity contribution in [1.82, 2.24) is 25.1 Å². The number of likely N-dealkylation sites (tertiary alicyclic amines) is 1. The number of carbonyl (C=O) groups excluding carboxylic acids is 2. The van der Waals surface area contributed by atoms with Crippen LogP contribution in [0.2, 0.25) is 5.28 Å². The summed E-state index contributed by atoms with van der Waals surface area (Å²) < 4.78 is 0. The first kappa shape index (κ1) is 28.0. The smallest absolute Gasteiger partial charge is 0.322 e. The van der Waals surface area contributed by atoms with Gasteiger partial charge in [0.25, 0.3) is 5.91 Å². The van der Waals surface area contributed by atoms with E-state index in [1.165, 1.54) is 0 Å². The number of rotatable bonds is 9. The van der Waals surface area contributed by atoms with Crippen LogP contribution in [0.15, 0.2) is 47.2 Å². The van der Waals surface area contributed by atoms with Crippen LogP contribution >= 0.6 is 22.9 Å². The predicted molar refractivity (Wildman–Crippen MR) is 153 cm³/mol. The van der Waals surface area contributed by atoms with Crippen LogP contribution in [0.3, 0.4) is 0 Å². The first-order chi connectivity index (χ1) is 18.3. The van der Waals surface area contributed by atoms with Crippen molar-refractivity contribution in [2.75, 3.05) is 25.0 Å². The fraction of sp³-hybridized carbons (Fsp3) is 0.429. The van der Waals surface area contributed by atoms with Gasteiger partial charge in [0.05, 0.1) is 17.0 Å². The Bertz CT molecular complexity index is 1190. The van der Waals surface area contributed by atoms with Gasteiger partial charge in [0, 0.05) is 44.0 Å². The number of nitrogens with one attached hydrogen (secondary N) is 2. The summed E-state index contributed by atoms with van der Waals surface area (Å²) in [6, 6.07) is 12.1. The fourth-order valence-electron chi connectivity index (χ4n) is 4.97. The lowest BCUT2D eigenvalue weighted by Crippen LogP contribution is -2.50. The Morgan fingerprint density at radius 2 is 1.82 bits per heavy atom. The number of para-hydroxylation sites is 1. The van der Waals surface area contributed by atoms with Crippen LogP contribution in [0.1, 0.15) is 53.5 Å². The maximum absolute atomic E-state index is 13.3. The highest BCUT2D eigenvalue weighted by molar-refractivity contribution is 7.07. The molecule has 1 atom stereocenters. The van der Waals surface area contributed by atoms with E-state index in [1.807, 2.05) is 40.6 Å². The molecule has 2 N–H and O–H groups in total. The summed E-state index contributed by atoms with van der Waals surface area (Å²) in [4.78, 5) is 38.6. The van der Waals surface area contributed by atoms with E-state index in [-0.39, 0.29) is 23.3 Å². The van der Waals surface area contributed by atoms with E-state index in [0.717, 1.165) is 43.6 Å². The van der Waals surface area contributed by atoms with Gasteiger partial charge in [-0.3, -0.25) is 4.79 Å². The lowest BCUT2D eigenvalue weighted by atomic mass is 10.0. The van der Waals surface area contributed by atoms with Crippen LogP contribution in [0.4, 0.5) is 10.5 Å². The number of urea groups is 1. The molecule has 8 nitrogen and oxygen atoms in total. The van der Waals surface area contributed by atoms with Gasteiger partial charge in [0.2, 0.25) is 5.28 Å². The van der Waals surface area contributed by atoms with Crippen LogP contribution in [0, 0.1) is 13.8 Å². The number of aryl methyl sites for hydroxylation is 2. The number of thiophene rings is 1. The maximum atomic E-state index is 13.3. The van der Waals surface area contributed by atoms with Crippen molar-refractivity contribution in [2.24, 2.45) is 0 Å². The minimum absolute atomic E-state index is 0.0617. The summed E-state index contributed by atoms with van der Waals surface area (Å²) in [5.41, 5.74) is 3.61. The van der Waals surface area contributed by atoms with Gasteiger partial charge in [-0.2, -0.15) is 11.3 Å². The number of nitrogens with zero attached hydrogens (tertiary/aromatic N) is 4. The number of amides is 3. The quantitative estimate of drug-likeness (QED) is 0.340. The number of halogens is 1. The molecule has 10 heteroatoms. The van der Waals surface area contributed by atoms with E-state index >= 15 is 0 Å². The van der Waals surface area contributed by atoms with Gasteiger partial charge in [-0.1, -0.05) is 18.2 Å². The van der Waals surface area contributed by atoms with Gasteiger partial charge in [-0.15, -0.1) is 0 Å². The van der Waals surface area contributed by atoms with E-state index < -0.39 is 0 Å². The molecule has 1 saturated heterocycles. The van der Waals surface area contributed by atoms with E-state index in [4.69, 9.17) is 11.6 Å². The number of anilines is 1. The van der Waals surface area contributed by atoms with Crippen molar-refractivity contribution in [3.63, 3.8) is 0 Å². The predicted octanol–water partition coefficient (Wildman–Crippen LogP) is 5.52. The summed E-state index contributed by atoms with van der Waals surface area (Å²) >= 11 is 7.54. The van der Waals surface area contributed by atoms with E-state index in [0.29, 0.717) is 36.1 Å². The average molecular weight is 555 g/mol. The summed E-state index contributed by atoms with van der Waals surface area (Å²) in [6.07, 6.45) is 2.64. The molecule has 1 aromatic carbocycles. The first-order valence-corrected chi connectivity index (χ1v) is 14.3. The number of piperidine rings is 1. The standard InChI is InChI=1S/C28H35ClN6O2S/c1-19(9-13-30-26(36)25-20(2)31-27(29)32-21(25)3)34-14-10-24(11-15-34)35(17-22-12-16-38-18-22)28(37)33-23-7-5-4-6-8-23/h4-8,12,16,18-19,24H,9-11,13-15,17H2,1-3H3,(H,30,36)(H,33,37). The highest BCUT2D eigenvalue weighted by Gasteiger charge is 2.30. The highest BCUT2D eigenvalue weighted by atomic mass is 35.5. The number of benzene rings is 1. The zero-order chi connectivity index (χ0) is 27.1. The molecular weight excluding hydrogens is 520 g/mol. The molecule has 38 heavy (non-hydrogen) atoms. The molecule has 0 spiro atoms. The van der Waals surface area contributed by atoms with Crippen molar-refractivity contribution in [1.29, 1.82) is 0 Å². The second kappa shape index (κ2) is 13.2. The Morgan fingerprint density at radius 3 is 2.45 bits per heavy atom. The largest absolute Gasteiger partial charge is 0.352 e. The van der Waals surface area contributed by atoms with Gasteiger partial charge >= 0.3 is 6.03 Å². The molecule has 2 aromatic heterocycles. The number of carbonyl (C=O) groups is 2. The van der Waals surface area contributed by atoms with Gasteiger partial charge in [0.15, 0.2) is 0 Å². The van der Waals surface area contributed by atoms with E-state index in [2.05, 4.69) is 43.9 Å². The molecule has 0 aliphatic carbocycles. The van der Waals surface area contributed by atoms with E-state index in [1.54, 1.807) is 25.2 Å². The molecule has 1 aliphatic rings. The van der Waals surface area contributed by atoms with Crippen LogP contribution < -0.4 is 10.6 Å². The zero-order valence-corrected chi connectivity index (χ0v) is 23.7. The van der Waals surface area contributed by atoms with Crippen molar-refractivity contribution < 1.29 is 9.59 Å². The molecule has 0 saturated carbocycles. The lowest BCUT2D eigenvalue weighted by molar-refractivity contribution is 0.0918. The maximum Gasteiger partial charge on any atom is 0.322 e. The summed E-state index contributed by atoms with van der Waals surface area (Å²) in [6.45, 7) is 8.70. The first-order valence-electron chi connectivity index (χ1n) is 13.0. The molecule has 202 valence electrons. The third-order valence-corrected chi connectivity index (χ3v) is 8.00. The third kappa shape index (κ3) is 7.30. The van der Waals surface area contributed by atoms with Gasteiger partial charge in [-0.05, 0) is 86.2 Å². The van der Waals surface area contributed by atoms with Gasteiger partial charge in [0.1, 0.15) is 0 Å². The van der Waals surface area contributed by atoms with E-state index in [9.17, 15) is 9.59 Å². The molecule has 4 rings (SSSR count). The fourth-order valence-corrected chi connectivity index (χ4v) is 5.88. The molecule has 3 aromatic rings. The molecular formula is C28H35ClN6O2S. The Labute approximate surface area is 233 Å². The Kier molecular flexibility index (Phi) is 9.71. The number of aromatic nitrogens is 2. The Hall–Kier alpha value is -3.01. The summed E-state index contributed by atoms with van der Waals surface area (Å²) in [7, 11) is 0. The summed E-state index contributed by atoms with van der Waals surface area (Å²) in [5, 5.41) is 10.4. The SMILES string of the molecule is Cc1nc(Cl)nc(C)c1C(=O)NCCC(C)N1CCC(N(Cc2ccsc2)C(=O)Nc2ccccc2)CC1. The van der Waals surface area contributed by atoms with Crippen LogP contribution in [0.5, 0.6) is 0 Å². The minimum Gasteiger partial charge on any atom is -0.352 e. The second-order valence-corrected chi connectivity index (χ2v) is 10.9. The lowest BCUT2D eigenvalue weighted by Gasteiger charge is -2.40. The average Bonchev–Trinajstić information content (AvgIpc) is 3.41. The molecule has 1 fully saturated rings. The Morgan fingerprint density at radius 1 is 1.13 bits per heavy atom. The van der Waals surface area contributed by atoms with Crippen molar-refractivity contribution in [3.05, 3.63) is 75.0 Å². The van der Waals surface area contributed by atoms with Gasteiger partial charge in [-0.25, -0.2) is 14.8 Å². The molecule has 1 unspecified atom stereocenters. The van der Waals surface area contributed by atoms with Crippen LogP contribution in [-0.2, 0) is 6.54 Å². The third-order valence-electron chi connectivity index (χ3n) is 7.10. The number of hydrogen-bond acceptors (Lipinski definition) is 6. The van der Waals surface area contributed by atoms with Crippen molar-refractivity contribution >= 4 is 40.6 Å². The summed E-state index contributed by atoms with van der Waals surface area (Å²) in [5.74, 6) is -0.170. The molecule has 3 amide bonds.